The molecule has 7 heteroatoms. The summed E-state index contributed by atoms with van der Waals surface area (Å²) in [5, 5.41) is 6.12. The highest BCUT2D eigenvalue weighted by Gasteiger charge is 2.14. The number of hydrogen-bond donors (Lipinski definition) is 2. The van der Waals surface area contributed by atoms with E-state index >= 15 is 0 Å². The van der Waals surface area contributed by atoms with Gasteiger partial charge in [0.25, 0.3) is 11.1 Å². The topological polar surface area (TPSA) is 84.2 Å². The zero-order valence-corrected chi connectivity index (χ0v) is 16.8. The van der Waals surface area contributed by atoms with Gasteiger partial charge in [-0.05, 0) is 29.8 Å². The summed E-state index contributed by atoms with van der Waals surface area (Å²) >= 11 is 1.20. The normalized spacial score (nSPS) is 10.7. The van der Waals surface area contributed by atoms with Gasteiger partial charge in [-0.25, -0.2) is 4.98 Å². The van der Waals surface area contributed by atoms with Crippen LogP contribution in [0.4, 0.5) is 5.69 Å². The van der Waals surface area contributed by atoms with E-state index < -0.39 is 0 Å². The number of rotatable bonds is 7. The van der Waals surface area contributed by atoms with Gasteiger partial charge in [-0.15, -0.1) is 0 Å². The van der Waals surface area contributed by atoms with E-state index in [-0.39, 0.29) is 17.6 Å². The predicted molar refractivity (Wildman–Crippen MR) is 117 cm³/mol. The van der Waals surface area contributed by atoms with Gasteiger partial charge in [-0.1, -0.05) is 66.4 Å². The van der Waals surface area contributed by atoms with Crippen molar-refractivity contribution in [3.05, 3.63) is 90.0 Å². The van der Waals surface area contributed by atoms with Crippen molar-refractivity contribution in [3.63, 3.8) is 0 Å². The Kier molecular flexibility index (Phi) is 6.10. The van der Waals surface area contributed by atoms with Crippen LogP contribution in [-0.2, 0) is 11.3 Å². The van der Waals surface area contributed by atoms with E-state index in [9.17, 15) is 9.59 Å². The fourth-order valence-corrected chi connectivity index (χ4v) is 3.53. The minimum atomic E-state index is -0.249. The van der Waals surface area contributed by atoms with Crippen molar-refractivity contribution in [2.24, 2.45) is 0 Å². The SMILES string of the molecule is O=C(CSc1nc2ccccc2o1)Nc1ccccc1C(=O)NCc1ccccc1. The molecule has 4 rings (SSSR count). The van der Waals surface area contributed by atoms with Crippen LogP contribution in [0.3, 0.4) is 0 Å². The van der Waals surface area contributed by atoms with Gasteiger partial charge in [0.1, 0.15) is 5.52 Å². The van der Waals surface area contributed by atoms with Gasteiger partial charge < -0.3 is 15.1 Å². The molecule has 0 aliphatic rings. The van der Waals surface area contributed by atoms with Gasteiger partial charge >= 0.3 is 0 Å². The molecule has 0 fully saturated rings. The summed E-state index contributed by atoms with van der Waals surface area (Å²) in [7, 11) is 0. The molecule has 0 saturated heterocycles. The number of carbonyl (C=O) groups excluding carboxylic acids is 2. The lowest BCUT2D eigenvalue weighted by molar-refractivity contribution is -0.113. The number of para-hydroxylation sites is 3. The van der Waals surface area contributed by atoms with Crippen molar-refractivity contribution in [2.45, 2.75) is 11.8 Å². The number of fused-ring (bicyclic) bond motifs is 1. The molecule has 30 heavy (non-hydrogen) atoms. The lowest BCUT2D eigenvalue weighted by Crippen LogP contribution is -2.25. The number of benzene rings is 3. The van der Waals surface area contributed by atoms with Gasteiger partial charge in [-0.2, -0.15) is 0 Å². The molecular formula is C23H19N3O3S. The van der Waals surface area contributed by atoms with E-state index in [1.165, 1.54) is 11.8 Å². The molecule has 1 heterocycles. The monoisotopic (exact) mass is 417 g/mol. The van der Waals surface area contributed by atoms with Crippen molar-refractivity contribution in [1.82, 2.24) is 10.3 Å². The van der Waals surface area contributed by atoms with E-state index in [4.69, 9.17) is 4.42 Å². The smallest absolute Gasteiger partial charge is 0.257 e. The van der Waals surface area contributed by atoms with Crippen LogP contribution in [0.25, 0.3) is 11.1 Å². The van der Waals surface area contributed by atoms with E-state index in [0.717, 1.165) is 11.1 Å². The molecule has 0 spiro atoms. The molecule has 4 aromatic rings. The Morgan fingerprint density at radius 1 is 0.900 bits per heavy atom. The van der Waals surface area contributed by atoms with E-state index in [2.05, 4.69) is 15.6 Å². The third kappa shape index (κ3) is 4.87. The highest BCUT2D eigenvalue weighted by Crippen LogP contribution is 2.23. The van der Waals surface area contributed by atoms with Crippen LogP contribution in [0.2, 0.25) is 0 Å². The van der Waals surface area contributed by atoms with Crippen LogP contribution < -0.4 is 10.6 Å². The van der Waals surface area contributed by atoms with E-state index in [1.54, 1.807) is 24.3 Å². The van der Waals surface area contributed by atoms with E-state index in [0.29, 0.717) is 28.6 Å². The van der Waals surface area contributed by atoms with Gasteiger partial charge in [0.15, 0.2) is 5.58 Å². The fourth-order valence-electron chi connectivity index (χ4n) is 2.89. The van der Waals surface area contributed by atoms with Crippen molar-refractivity contribution in [3.8, 4) is 0 Å². The molecule has 2 N–H and O–H groups in total. The molecule has 0 aliphatic carbocycles. The first kappa shape index (κ1) is 19.7. The van der Waals surface area contributed by atoms with Crippen molar-refractivity contribution in [2.75, 3.05) is 11.1 Å². The van der Waals surface area contributed by atoms with Crippen molar-refractivity contribution in [1.29, 1.82) is 0 Å². The zero-order chi connectivity index (χ0) is 20.8. The molecule has 150 valence electrons. The predicted octanol–water partition coefficient (Wildman–Crippen LogP) is 4.49. The van der Waals surface area contributed by atoms with Crippen LogP contribution in [0, 0.1) is 0 Å². The number of hydrogen-bond acceptors (Lipinski definition) is 5. The Morgan fingerprint density at radius 2 is 1.63 bits per heavy atom. The second kappa shape index (κ2) is 9.28. The number of aromatic nitrogens is 1. The Balaban J connectivity index is 1.36. The summed E-state index contributed by atoms with van der Waals surface area (Å²) in [6.45, 7) is 0.412. The average molecular weight is 417 g/mol. The number of anilines is 1. The van der Waals surface area contributed by atoms with Crippen molar-refractivity contribution >= 4 is 40.4 Å². The van der Waals surface area contributed by atoms with Gasteiger partial charge in [-0.3, -0.25) is 9.59 Å². The van der Waals surface area contributed by atoms with Crippen LogP contribution in [0.1, 0.15) is 15.9 Å². The largest absolute Gasteiger partial charge is 0.431 e. The fraction of sp³-hybridized carbons (Fsp3) is 0.0870. The first-order valence-electron chi connectivity index (χ1n) is 9.38. The molecular weight excluding hydrogens is 398 g/mol. The minimum absolute atomic E-state index is 0.118. The third-order valence-corrected chi connectivity index (χ3v) is 5.17. The second-order valence-corrected chi connectivity index (χ2v) is 7.42. The molecule has 0 saturated carbocycles. The maximum Gasteiger partial charge on any atom is 0.257 e. The molecule has 0 atom stereocenters. The minimum Gasteiger partial charge on any atom is -0.431 e. The quantitative estimate of drug-likeness (QED) is 0.433. The number of nitrogens with zero attached hydrogens (tertiary/aromatic N) is 1. The molecule has 0 aliphatic heterocycles. The molecule has 3 aromatic carbocycles. The molecule has 2 amide bonds. The van der Waals surface area contributed by atoms with Crippen LogP contribution >= 0.6 is 11.8 Å². The lowest BCUT2D eigenvalue weighted by Gasteiger charge is -2.11. The summed E-state index contributed by atoms with van der Waals surface area (Å²) in [5.41, 5.74) is 3.31. The number of nitrogens with one attached hydrogen (secondary N) is 2. The van der Waals surface area contributed by atoms with Crippen LogP contribution in [0.5, 0.6) is 0 Å². The summed E-state index contributed by atoms with van der Waals surface area (Å²) in [4.78, 5) is 29.4. The Labute approximate surface area is 177 Å². The zero-order valence-electron chi connectivity index (χ0n) is 16.0. The number of thioether (sulfide) groups is 1. The summed E-state index contributed by atoms with van der Waals surface area (Å²) in [6, 6.07) is 24.0. The highest BCUT2D eigenvalue weighted by atomic mass is 32.2. The van der Waals surface area contributed by atoms with Gasteiger partial charge in [0.05, 0.1) is 17.0 Å². The standard InChI is InChI=1S/C23H19N3O3S/c27-21(15-30-23-26-19-12-6-7-13-20(19)29-23)25-18-11-5-4-10-17(18)22(28)24-14-16-8-2-1-3-9-16/h1-13H,14-15H2,(H,24,28)(H,25,27). The highest BCUT2D eigenvalue weighted by molar-refractivity contribution is 7.99. The Hall–Kier alpha value is -3.58. The summed E-state index contributed by atoms with van der Waals surface area (Å²) in [6.07, 6.45) is 0. The van der Waals surface area contributed by atoms with Crippen LogP contribution in [0.15, 0.2) is 88.5 Å². The number of amides is 2. The molecule has 1 aromatic heterocycles. The molecule has 0 unspecified atom stereocenters. The van der Waals surface area contributed by atoms with E-state index in [1.807, 2.05) is 54.6 Å². The van der Waals surface area contributed by atoms with Crippen LogP contribution in [-0.4, -0.2) is 22.6 Å². The van der Waals surface area contributed by atoms with Gasteiger partial charge in [0, 0.05) is 6.54 Å². The number of oxazole rings is 1. The third-order valence-electron chi connectivity index (χ3n) is 4.34. The Morgan fingerprint density at radius 3 is 2.47 bits per heavy atom. The average Bonchev–Trinajstić information content (AvgIpc) is 3.20. The molecule has 0 radical (unpaired) electrons. The maximum absolute atomic E-state index is 12.6. The first-order chi connectivity index (χ1) is 14.7. The summed E-state index contributed by atoms with van der Waals surface area (Å²) < 4.78 is 5.61. The lowest BCUT2D eigenvalue weighted by atomic mass is 10.1. The first-order valence-corrected chi connectivity index (χ1v) is 10.4. The molecule has 6 nitrogen and oxygen atoms in total. The molecule has 0 bridgehead atoms. The van der Waals surface area contributed by atoms with Crippen molar-refractivity contribution < 1.29 is 14.0 Å². The number of carbonyl (C=O) groups is 2. The second-order valence-electron chi connectivity index (χ2n) is 6.50. The Bertz CT molecular complexity index is 1140. The maximum atomic E-state index is 12.6. The van der Waals surface area contributed by atoms with Gasteiger partial charge in [0.2, 0.25) is 5.91 Å². The summed E-state index contributed by atoms with van der Waals surface area (Å²) in [5.74, 6) is -0.376.